The van der Waals surface area contributed by atoms with E-state index in [4.69, 9.17) is 9.47 Å². The molecule has 8 nitrogen and oxygen atoms in total. The van der Waals surface area contributed by atoms with Gasteiger partial charge in [0.05, 0.1) is 5.52 Å². The van der Waals surface area contributed by atoms with Crippen molar-refractivity contribution in [3.05, 3.63) is 83.6 Å². The number of carboxylic acids is 1. The number of carbonyl (C=O) groups is 2. The van der Waals surface area contributed by atoms with Crippen LogP contribution in [0.15, 0.2) is 66.7 Å². The van der Waals surface area contributed by atoms with Crippen LogP contribution in [-0.4, -0.2) is 40.2 Å². The smallest absolute Gasteiger partial charge is 0.411 e. The van der Waals surface area contributed by atoms with E-state index in [9.17, 15) is 14.7 Å². The van der Waals surface area contributed by atoms with Crippen molar-refractivity contribution in [3.63, 3.8) is 0 Å². The van der Waals surface area contributed by atoms with Gasteiger partial charge in [0.2, 0.25) is 0 Å². The molecule has 4 aromatic rings. The normalized spacial score (nSPS) is 16.9. The standard InChI is InChI=1S/C28H25N3O5/c32-27(33)26-22-15-17(12-13-24(22)31(30-26)25-11-5-6-14-35-25)29-28(34)36-16-23-20-9-3-1-7-18(20)19-8-2-4-10-21(19)23/h1-4,7-10,12-13,15,23,25H,5-6,11,14,16H2,(H,29,34)(H,32,33). The zero-order valence-electron chi connectivity index (χ0n) is 19.5. The van der Waals surface area contributed by atoms with Crippen LogP contribution in [0.3, 0.4) is 0 Å². The Morgan fingerprint density at radius 3 is 2.42 bits per heavy atom. The topological polar surface area (TPSA) is 103 Å². The number of hydrogen-bond donors (Lipinski definition) is 2. The van der Waals surface area contributed by atoms with Gasteiger partial charge in [-0.15, -0.1) is 0 Å². The van der Waals surface area contributed by atoms with Crippen molar-refractivity contribution in [1.29, 1.82) is 0 Å². The number of nitrogens with zero attached hydrogens (tertiary/aromatic N) is 2. The molecule has 1 atom stereocenters. The lowest BCUT2D eigenvalue weighted by Gasteiger charge is -2.23. The van der Waals surface area contributed by atoms with Crippen LogP contribution >= 0.6 is 0 Å². The summed E-state index contributed by atoms with van der Waals surface area (Å²) in [4.78, 5) is 24.6. The van der Waals surface area contributed by atoms with Crippen molar-refractivity contribution in [2.45, 2.75) is 31.4 Å². The number of carboxylic acid groups (broad SMARTS) is 1. The maximum atomic E-state index is 12.7. The van der Waals surface area contributed by atoms with Gasteiger partial charge in [-0.3, -0.25) is 5.32 Å². The summed E-state index contributed by atoms with van der Waals surface area (Å²) in [5.41, 5.74) is 5.60. The Bertz CT molecular complexity index is 1430. The maximum absolute atomic E-state index is 12.7. The molecule has 1 saturated heterocycles. The van der Waals surface area contributed by atoms with Gasteiger partial charge in [-0.1, -0.05) is 48.5 Å². The van der Waals surface area contributed by atoms with Crippen LogP contribution in [0, 0.1) is 0 Å². The number of amides is 1. The van der Waals surface area contributed by atoms with Crippen molar-refractivity contribution in [1.82, 2.24) is 9.78 Å². The highest BCUT2D eigenvalue weighted by molar-refractivity contribution is 6.03. The molecule has 36 heavy (non-hydrogen) atoms. The highest BCUT2D eigenvalue weighted by atomic mass is 16.5. The van der Waals surface area contributed by atoms with Crippen LogP contribution < -0.4 is 5.32 Å². The van der Waals surface area contributed by atoms with Gasteiger partial charge in [-0.2, -0.15) is 5.10 Å². The molecule has 2 aliphatic rings. The molecule has 8 heteroatoms. The minimum atomic E-state index is -1.13. The Kier molecular flexibility index (Phi) is 5.65. The molecule has 1 amide bonds. The zero-order valence-corrected chi connectivity index (χ0v) is 19.5. The second-order valence-electron chi connectivity index (χ2n) is 9.10. The first-order chi connectivity index (χ1) is 17.6. The molecule has 1 aromatic heterocycles. The van der Waals surface area contributed by atoms with E-state index in [1.54, 1.807) is 22.9 Å². The first-order valence-corrected chi connectivity index (χ1v) is 12.1. The Morgan fingerprint density at radius 1 is 1.03 bits per heavy atom. The van der Waals surface area contributed by atoms with Crippen LogP contribution in [0.2, 0.25) is 0 Å². The molecule has 182 valence electrons. The van der Waals surface area contributed by atoms with E-state index in [1.807, 2.05) is 24.3 Å². The van der Waals surface area contributed by atoms with Gasteiger partial charge in [0.15, 0.2) is 11.9 Å². The minimum Gasteiger partial charge on any atom is -0.476 e. The summed E-state index contributed by atoms with van der Waals surface area (Å²) < 4.78 is 13.1. The average molecular weight is 484 g/mol. The summed E-state index contributed by atoms with van der Waals surface area (Å²) in [5, 5.41) is 17.2. The van der Waals surface area contributed by atoms with Gasteiger partial charge in [0.1, 0.15) is 6.61 Å². The number of benzene rings is 3. The maximum Gasteiger partial charge on any atom is 0.411 e. The number of carbonyl (C=O) groups excluding carboxylic acids is 1. The number of aromatic carboxylic acids is 1. The number of rotatable bonds is 5. The van der Waals surface area contributed by atoms with E-state index < -0.39 is 12.1 Å². The summed E-state index contributed by atoms with van der Waals surface area (Å²) in [6.45, 7) is 0.815. The van der Waals surface area contributed by atoms with Crippen LogP contribution in [0.5, 0.6) is 0 Å². The Hall–Kier alpha value is -4.17. The molecule has 6 rings (SSSR count). The SMILES string of the molecule is O=C(Nc1ccc2c(c1)c(C(=O)O)nn2C1CCCCO1)OCC1c2ccccc2-c2ccccc21. The molecule has 0 radical (unpaired) electrons. The molecule has 3 aromatic carbocycles. The van der Waals surface area contributed by atoms with Crippen molar-refractivity contribution < 1.29 is 24.2 Å². The van der Waals surface area contributed by atoms with Crippen LogP contribution in [0.4, 0.5) is 10.5 Å². The molecule has 1 fully saturated rings. The summed E-state index contributed by atoms with van der Waals surface area (Å²) >= 11 is 0. The summed E-state index contributed by atoms with van der Waals surface area (Å²) in [6, 6.07) is 21.4. The van der Waals surface area contributed by atoms with Gasteiger partial charge >= 0.3 is 12.1 Å². The van der Waals surface area contributed by atoms with E-state index in [-0.39, 0.29) is 24.4 Å². The fourth-order valence-corrected chi connectivity index (χ4v) is 5.27. The zero-order chi connectivity index (χ0) is 24.6. The Morgan fingerprint density at radius 2 is 1.75 bits per heavy atom. The fourth-order valence-electron chi connectivity index (χ4n) is 5.27. The Balaban J connectivity index is 1.21. The second kappa shape index (κ2) is 9.13. The van der Waals surface area contributed by atoms with Crippen LogP contribution in [0.1, 0.15) is 53.0 Å². The van der Waals surface area contributed by atoms with E-state index in [1.165, 1.54) is 0 Å². The molecule has 2 heterocycles. The average Bonchev–Trinajstić information content (AvgIpc) is 3.44. The van der Waals surface area contributed by atoms with Crippen LogP contribution in [-0.2, 0) is 9.47 Å². The van der Waals surface area contributed by atoms with Crippen molar-refractivity contribution in [2.24, 2.45) is 0 Å². The third kappa shape index (κ3) is 3.89. The molecule has 0 spiro atoms. The van der Waals surface area contributed by atoms with Gasteiger partial charge in [-0.05, 0) is 59.7 Å². The van der Waals surface area contributed by atoms with Crippen molar-refractivity contribution in [3.8, 4) is 11.1 Å². The molecular weight excluding hydrogens is 458 g/mol. The first-order valence-electron chi connectivity index (χ1n) is 12.1. The number of aromatic nitrogens is 2. The molecule has 1 aliphatic heterocycles. The molecule has 0 bridgehead atoms. The van der Waals surface area contributed by atoms with E-state index in [0.717, 1.165) is 41.5 Å². The first kappa shape index (κ1) is 22.3. The number of hydrogen-bond acceptors (Lipinski definition) is 5. The summed E-state index contributed by atoms with van der Waals surface area (Å²) in [5.74, 6) is -1.18. The number of nitrogens with one attached hydrogen (secondary N) is 1. The van der Waals surface area contributed by atoms with Crippen molar-refractivity contribution in [2.75, 3.05) is 18.5 Å². The Labute approximate surface area is 207 Å². The number of fused-ring (bicyclic) bond motifs is 4. The van der Waals surface area contributed by atoms with E-state index in [0.29, 0.717) is 23.2 Å². The molecule has 0 saturated carbocycles. The van der Waals surface area contributed by atoms with Gasteiger partial charge in [0, 0.05) is 23.6 Å². The number of ether oxygens (including phenoxy) is 2. The largest absolute Gasteiger partial charge is 0.476 e. The predicted octanol–water partition coefficient (Wildman–Crippen LogP) is 5.79. The van der Waals surface area contributed by atoms with E-state index in [2.05, 4.69) is 34.7 Å². The summed E-state index contributed by atoms with van der Waals surface area (Å²) in [7, 11) is 0. The second-order valence-corrected chi connectivity index (χ2v) is 9.10. The van der Waals surface area contributed by atoms with E-state index >= 15 is 0 Å². The molecular formula is C28H25N3O5. The van der Waals surface area contributed by atoms with Crippen LogP contribution in [0.25, 0.3) is 22.0 Å². The van der Waals surface area contributed by atoms with Gasteiger partial charge in [0.25, 0.3) is 0 Å². The molecule has 1 aliphatic carbocycles. The monoisotopic (exact) mass is 483 g/mol. The lowest BCUT2D eigenvalue weighted by Crippen LogP contribution is -2.19. The summed E-state index contributed by atoms with van der Waals surface area (Å²) in [6.07, 6.45) is 1.85. The highest BCUT2D eigenvalue weighted by Gasteiger charge is 2.29. The fraction of sp³-hybridized carbons (Fsp3) is 0.250. The number of anilines is 1. The third-order valence-electron chi connectivity index (χ3n) is 6.93. The highest BCUT2D eigenvalue weighted by Crippen LogP contribution is 2.44. The minimum absolute atomic E-state index is 0.0435. The third-order valence-corrected chi connectivity index (χ3v) is 6.93. The molecule has 1 unspecified atom stereocenters. The van der Waals surface area contributed by atoms with Gasteiger partial charge in [-0.25, -0.2) is 14.3 Å². The molecule has 2 N–H and O–H groups in total. The predicted molar refractivity (Wildman–Crippen MR) is 134 cm³/mol. The van der Waals surface area contributed by atoms with Gasteiger partial charge < -0.3 is 14.6 Å². The lowest BCUT2D eigenvalue weighted by molar-refractivity contribution is -0.0368. The lowest BCUT2D eigenvalue weighted by atomic mass is 9.98. The quantitative estimate of drug-likeness (QED) is 0.372. The van der Waals surface area contributed by atoms with Crippen molar-refractivity contribution >= 4 is 28.7 Å².